The number of hydrogen-bond donors (Lipinski definition) is 2. The molecular weight excluding hydrogens is 314 g/mol. The summed E-state index contributed by atoms with van der Waals surface area (Å²) in [5.74, 6) is -0.316. The number of carbonyl (C=O) groups is 2. The molecule has 2 N–H and O–H groups in total. The predicted octanol–water partition coefficient (Wildman–Crippen LogP) is 3.31. The first-order valence-electron chi connectivity index (χ1n) is 9.52. The molecule has 1 saturated carbocycles. The SMILES string of the molecule is CCC(C)NC(=O)C1(C(=O)Nc2ccc(N3CCCCC3)cc2)CC1. The molecule has 136 valence electrons. The average molecular weight is 343 g/mol. The van der Waals surface area contributed by atoms with E-state index in [9.17, 15) is 9.59 Å². The molecule has 1 aromatic carbocycles. The second-order valence-electron chi connectivity index (χ2n) is 7.41. The molecule has 3 rings (SSSR count). The number of carbonyl (C=O) groups excluding carboxylic acids is 2. The Balaban J connectivity index is 1.60. The van der Waals surface area contributed by atoms with E-state index >= 15 is 0 Å². The third kappa shape index (κ3) is 3.97. The minimum atomic E-state index is -0.866. The largest absolute Gasteiger partial charge is 0.372 e. The molecule has 2 aliphatic rings. The highest BCUT2D eigenvalue weighted by Gasteiger charge is 2.56. The van der Waals surface area contributed by atoms with Gasteiger partial charge in [0, 0.05) is 30.5 Å². The summed E-state index contributed by atoms with van der Waals surface area (Å²) in [6.07, 6.45) is 5.92. The van der Waals surface area contributed by atoms with Gasteiger partial charge >= 0.3 is 0 Å². The Morgan fingerprint density at radius 3 is 2.28 bits per heavy atom. The Hall–Kier alpha value is -2.04. The molecule has 5 heteroatoms. The lowest BCUT2D eigenvalue weighted by molar-refractivity contribution is -0.134. The summed E-state index contributed by atoms with van der Waals surface area (Å²) < 4.78 is 0. The van der Waals surface area contributed by atoms with Gasteiger partial charge in [0.2, 0.25) is 11.8 Å². The summed E-state index contributed by atoms with van der Waals surface area (Å²) in [7, 11) is 0. The summed E-state index contributed by atoms with van der Waals surface area (Å²) >= 11 is 0. The summed E-state index contributed by atoms with van der Waals surface area (Å²) in [6, 6.07) is 8.08. The standard InChI is InChI=1S/C20H29N3O2/c1-3-15(2)21-18(24)20(11-12-20)19(25)22-16-7-9-17(10-8-16)23-13-5-4-6-14-23/h7-10,15H,3-6,11-14H2,1-2H3,(H,21,24)(H,22,25). The number of nitrogens with zero attached hydrogens (tertiary/aromatic N) is 1. The van der Waals surface area contributed by atoms with Gasteiger partial charge in [-0.1, -0.05) is 6.92 Å². The van der Waals surface area contributed by atoms with Gasteiger partial charge in [0.25, 0.3) is 0 Å². The maximum atomic E-state index is 12.6. The highest BCUT2D eigenvalue weighted by Crippen LogP contribution is 2.47. The van der Waals surface area contributed by atoms with E-state index in [1.54, 1.807) is 0 Å². The van der Waals surface area contributed by atoms with Gasteiger partial charge in [-0.3, -0.25) is 9.59 Å². The van der Waals surface area contributed by atoms with Gasteiger partial charge in [-0.25, -0.2) is 0 Å². The number of rotatable bonds is 6. The maximum Gasteiger partial charge on any atom is 0.240 e. The normalized spacial score (nSPS) is 19.8. The molecule has 1 atom stereocenters. The van der Waals surface area contributed by atoms with Crippen LogP contribution >= 0.6 is 0 Å². The lowest BCUT2D eigenvalue weighted by Gasteiger charge is -2.29. The number of nitrogens with one attached hydrogen (secondary N) is 2. The fourth-order valence-electron chi connectivity index (χ4n) is 3.30. The second-order valence-corrected chi connectivity index (χ2v) is 7.41. The molecule has 0 aromatic heterocycles. The topological polar surface area (TPSA) is 61.4 Å². The smallest absolute Gasteiger partial charge is 0.240 e. The van der Waals surface area contributed by atoms with E-state index in [1.807, 2.05) is 26.0 Å². The molecule has 0 radical (unpaired) electrons. The molecular formula is C20H29N3O2. The first-order valence-corrected chi connectivity index (χ1v) is 9.52. The van der Waals surface area contributed by atoms with Crippen molar-refractivity contribution in [3.8, 4) is 0 Å². The lowest BCUT2D eigenvalue weighted by atomic mass is 10.0. The summed E-state index contributed by atoms with van der Waals surface area (Å²) in [5.41, 5.74) is 1.09. The molecule has 25 heavy (non-hydrogen) atoms. The van der Waals surface area contributed by atoms with Crippen LogP contribution in [-0.4, -0.2) is 30.9 Å². The molecule has 2 fully saturated rings. The molecule has 1 aliphatic carbocycles. The van der Waals surface area contributed by atoms with Crippen LogP contribution in [0.3, 0.4) is 0 Å². The molecule has 0 spiro atoms. The van der Waals surface area contributed by atoms with Crippen molar-refractivity contribution in [3.05, 3.63) is 24.3 Å². The van der Waals surface area contributed by atoms with Crippen LogP contribution < -0.4 is 15.5 Å². The number of anilines is 2. The van der Waals surface area contributed by atoms with E-state index in [0.29, 0.717) is 12.8 Å². The van der Waals surface area contributed by atoms with Crippen molar-refractivity contribution in [1.82, 2.24) is 5.32 Å². The van der Waals surface area contributed by atoms with E-state index in [0.717, 1.165) is 25.2 Å². The Morgan fingerprint density at radius 1 is 1.08 bits per heavy atom. The first-order chi connectivity index (χ1) is 12.0. The molecule has 1 saturated heterocycles. The van der Waals surface area contributed by atoms with Gasteiger partial charge in [0.05, 0.1) is 0 Å². The van der Waals surface area contributed by atoms with Crippen molar-refractivity contribution in [2.45, 2.75) is 58.4 Å². The zero-order valence-corrected chi connectivity index (χ0v) is 15.3. The lowest BCUT2D eigenvalue weighted by Crippen LogP contribution is -2.43. The van der Waals surface area contributed by atoms with Gasteiger partial charge in [-0.2, -0.15) is 0 Å². The molecule has 2 amide bonds. The van der Waals surface area contributed by atoms with Crippen molar-refractivity contribution in [1.29, 1.82) is 0 Å². The monoisotopic (exact) mass is 343 g/mol. The van der Waals surface area contributed by atoms with E-state index in [4.69, 9.17) is 0 Å². The molecule has 1 heterocycles. The van der Waals surface area contributed by atoms with Crippen LogP contribution in [0.1, 0.15) is 52.4 Å². The zero-order chi connectivity index (χ0) is 17.9. The van der Waals surface area contributed by atoms with Gasteiger partial charge in [-0.05, 0) is 69.7 Å². The van der Waals surface area contributed by atoms with Crippen molar-refractivity contribution < 1.29 is 9.59 Å². The zero-order valence-electron chi connectivity index (χ0n) is 15.3. The summed E-state index contributed by atoms with van der Waals surface area (Å²) in [4.78, 5) is 27.4. The molecule has 0 bridgehead atoms. The molecule has 1 unspecified atom stereocenters. The van der Waals surface area contributed by atoms with Crippen LogP contribution in [0, 0.1) is 5.41 Å². The van der Waals surface area contributed by atoms with Crippen LogP contribution in [0.5, 0.6) is 0 Å². The van der Waals surface area contributed by atoms with Crippen LogP contribution in [0.15, 0.2) is 24.3 Å². The van der Waals surface area contributed by atoms with Crippen molar-refractivity contribution in [2.24, 2.45) is 5.41 Å². The van der Waals surface area contributed by atoms with Gasteiger partial charge in [0.1, 0.15) is 5.41 Å². The quantitative estimate of drug-likeness (QED) is 0.779. The summed E-state index contributed by atoms with van der Waals surface area (Å²) in [5, 5.41) is 5.87. The number of piperidine rings is 1. The third-order valence-electron chi connectivity index (χ3n) is 5.46. The number of amides is 2. The van der Waals surface area contributed by atoms with E-state index in [2.05, 4.69) is 27.7 Å². The van der Waals surface area contributed by atoms with E-state index in [-0.39, 0.29) is 17.9 Å². The second kappa shape index (κ2) is 7.46. The van der Waals surface area contributed by atoms with Crippen LogP contribution in [0.25, 0.3) is 0 Å². The summed E-state index contributed by atoms with van der Waals surface area (Å²) in [6.45, 7) is 6.19. The Labute approximate surface area is 150 Å². The van der Waals surface area contributed by atoms with Crippen LogP contribution in [0.4, 0.5) is 11.4 Å². The first kappa shape index (κ1) is 17.8. The fraction of sp³-hybridized carbons (Fsp3) is 0.600. The number of benzene rings is 1. The van der Waals surface area contributed by atoms with Crippen LogP contribution in [0.2, 0.25) is 0 Å². The Morgan fingerprint density at radius 2 is 1.72 bits per heavy atom. The number of hydrogen-bond acceptors (Lipinski definition) is 3. The molecule has 1 aliphatic heterocycles. The highest BCUT2D eigenvalue weighted by atomic mass is 16.2. The highest BCUT2D eigenvalue weighted by molar-refractivity contribution is 6.13. The van der Waals surface area contributed by atoms with Crippen molar-refractivity contribution in [2.75, 3.05) is 23.3 Å². The predicted molar refractivity (Wildman–Crippen MR) is 101 cm³/mol. The minimum Gasteiger partial charge on any atom is -0.372 e. The minimum absolute atomic E-state index is 0.0987. The van der Waals surface area contributed by atoms with Gasteiger partial charge < -0.3 is 15.5 Å². The molecule has 5 nitrogen and oxygen atoms in total. The fourth-order valence-corrected chi connectivity index (χ4v) is 3.30. The average Bonchev–Trinajstić information content (AvgIpc) is 3.45. The van der Waals surface area contributed by atoms with Crippen molar-refractivity contribution in [3.63, 3.8) is 0 Å². The Bertz CT molecular complexity index is 616. The molecule has 1 aromatic rings. The van der Waals surface area contributed by atoms with Crippen LogP contribution in [-0.2, 0) is 9.59 Å². The third-order valence-corrected chi connectivity index (χ3v) is 5.46. The van der Waals surface area contributed by atoms with Gasteiger partial charge in [0.15, 0.2) is 0 Å². The maximum absolute atomic E-state index is 12.6. The van der Waals surface area contributed by atoms with E-state index in [1.165, 1.54) is 24.9 Å². The van der Waals surface area contributed by atoms with Gasteiger partial charge in [-0.15, -0.1) is 0 Å². The Kier molecular flexibility index (Phi) is 5.30. The van der Waals surface area contributed by atoms with Crippen molar-refractivity contribution >= 4 is 23.2 Å². The van der Waals surface area contributed by atoms with E-state index < -0.39 is 5.41 Å².